The minimum Gasteiger partial charge on any atom is -0.379 e. The van der Waals surface area contributed by atoms with E-state index in [1.54, 1.807) is 0 Å². The molecule has 0 saturated heterocycles. The molecule has 1 fully saturated rings. The third-order valence-corrected chi connectivity index (χ3v) is 5.02. The van der Waals surface area contributed by atoms with Crippen LogP contribution in [0.25, 0.3) is 0 Å². The van der Waals surface area contributed by atoms with E-state index < -0.39 is 5.54 Å². The fourth-order valence-corrected chi connectivity index (χ4v) is 3.39. The highest BCUT2D eigenvalue weighted by Crippen LogP contribution is 2.27. The van der Waals surface area contributed by atoms with Crippen molar-refractivity contribution in [1.29, 1.82) is 0 Å². The maximum Gasteiger partial charge on any atom is 0.244 e. The van der Waals surface area contributed by atoms with Crippen LogP contribution >= 0.6 is 12.4 Å². The highest BCUT2D eigenvalue weighted by atomic mass is 35.5. The molecule has 1 saturated carbocycles. The predicted octanol–water partition coefficient (Wildman–Crippen LogP) is 4.88. The molecule has 1 aliphatic carbocycles. The minimum absolute atomic E-state index is 0. The number of amides is 1. The lowest BCUT2D eigenvalue weighted by Crippen LogP contribution is -2.52. The molecule has 0 heterocycles. The van der Waals surface area contributed by atoms with E-state index in [2.05, 4.69) is 29.7 Å². The molecule has 0 aromatic heterocycles. The van der Waals surface area contributed by atoms with E-state index in [0.717, 1.165) is 37.1 Å². The molecule has 1 amide bonds. The lowest BCUT2D eigenvalue weighted by Gasteiger charge is -2.31. The Balaban J connectivity index is 0.00000243. The summed E-state index contributed by atoms with van der Waals surface area (Å²) in [6.45, 7) is 2.13. The highest BCUT2D eigenvalue weighted by molar-refractivity contribution is 5.98. The Morgan fingerprint density at radius 2 is 1.54 bits per heavy atom. The minimum atomic E-state index is -0.711. The van der Waals surface area contributed by atoms with Crippen molar-refractivity contribution in [3.05, 3.63) is 60.2 Å². The van der Waals surface area contributed by atoms with Crippen LogP contribution in [0.2, 0.25) is 0 Å². The number of rotatable bonds is 5. The molecule has 0 radical (unpaired) electrons. The van der Waals surface area contributed by atoms with Gasteiger partial charge in [0.1, 0.15) is 0 Å². The molecule has 140 valence electrons. The summed E-state index contributed by atoms with van der Waals surface area (Å²) in [4.78, 5) is 12.5. The highest BCUT2D eigenvalue weighted by Gasteiger charge is 2.35. The number of nitrogens with two attached hydrogens (primary N) is 1. The van der Waals surface area contributed by atoms with Crippen LogP contribution in [-0.4, -0.2) is 11.4 Å². The van der Waals surface area contributed by atoms with Crippen LogP contribution in [0.3, 0.4) is 0 Å². The molecule has 26 heavy (non-hydrogen) atoms. The van der Waals surface area contributed by atoms with Gasteiger partial charge in [-0.2, -0.15) is 0 Å². The smallest absolute Gasteiger partial charge is 0.244 e. The molecule has 4 N–H and O–H groups in total. The van der Waals surface area contributed by atoms with Gasteiger partial charge in [-0.1, -0.05) is 49.6 Å². The number of carbonyl (C=O) groups is 1. The predicted molar refractivity (Wildman–Crippen MR) is 111 cm³/mol. The standard InChI is InChI=1S/C21H27N3O.ClH/c1-16(17-8-4-2-5-9-17)23-18-10-12-19(13-11-18)24-20(25)21(22)14-6-3-7-15-21;/h2,4-5,8-13,16,23H,3,6-7,14-15,22H2,1H3,(H,24,25);1H. The second-order valence-corrected chi connectivity index (χ2v) is 7.02. The van der Waals surface area contributed by atoms with Gasteiger partial charge < -0.3 is 16.4 Å². The molecule has 1 aliphatic rings. The summed E-state index contributed by atoms with van der Waals surface area (Å²) >= 11 is 0. The second kappa shape index (κ2) is 9.06. The maximum atomic E-state index is 12.5. The Kier molecular flexibility index (Phi) is 7.06. The molecule has 3 rings (SSSR count). The second-order valence-electron chi connectivity index (χ2n) is 7.02. The Morgan fingerprint density at radius 1 is 0.962 bits per heavy atom. The van der Waals surface area contributed by atoms with Crippen molar-refractivity contribution >= 4 is 29.7 Å². The normalized spacial score (nSPS) is 16.8. The van der Waals surface area contributed by atoms with Crippen molar-refractivity contribution in [3.63, 3.8) is 0 Å². The molecule has 1 unspecified atom stereocenters. The van der Waals surface area contributed by atoms with Crippen molar-refractivity contribution in [3.8, 4) is 0 Å². The van der Waals surface area contributed by atoms with Crippen molar-refractivity contribution in [2.45, 2.75) is 50.6 Å². The number of anilines is 2. The summed E-state index contributed by atoms with van der Waals surface area (Å²) in [5, 5.41) is 6.44. The topological polar surface area (TPSA) is 67.1 Å². The van der Waals surface area contributed by atoms with Gasteiger partial charge in [-0.05, 0) is 49.6 Å². The monoisotopic (exact) mass is 373 g/mol. The molecule has 0 aliphatic heterocycles. The molecule has 5 heteroatoms. The lowest BCUT2D eigenvalue weighted by molar-refractivity contribution is -0.122. The average Bonchev–Trinajstić information content (AvgIpc) is 2.64. The third-order valence-electron chi connectivity index (χ3n) is 5.02. The zero-order valence-electron chi connectivity index (χ0n) is 15.2. The van der Waals surface area contributed by atoms with Crippen LogP contribution in [0.15, 0.2) is 54.6 Å². The molecular weight excluding hydrogens is 346 g/mol. The van der Waals surface area contributed by atoms with E-state index in [1.165, 1.54) is 12.0 Å². The van der Waals surface area contributed by atoms with Gasteiger partial charge in [-0.3, -0.25) is 4.79 Å². The first-order valence-corrected chi connectivity index (χ1v) is 9.09. The van der Waals surface area contributed by atoms with E-state index in [-0.39, 0.29) is 24.4 Å². The van der Waals surface area contributed by atoms with Gasteiger partial charge in [-0.25, -0.2) is 0 Å². The summed E-state index contributed by atoms with van der Waals surface area (Å²) in [5.74, 6) is -0.0643. The number of hydrogen-bond acceptors (Lipinski definition) is 3. The Bertz CT molecular complexity index is 697. The summed E-state index contributed by atoms with van der Waals surface area (Å²) in [7, 11) is 0. The molecule has 1 atom stereocenters. The van der Waals surface area contributed by atoms with E-state index in [4.69, 9.17) is 5.73 Å². The molecule has 0 spiro atoms. The van der Waals surface area contributed by atoms with Crippen molar-refractivity contribution in [2.24, 2.45) is 5.73 Å². The first-order chi connectivity index (χ1) is 12.1. The van der Waals surface area contributed by atoms with Crippen LogP contribution < -0.4 is 16.4 Å². The van der Waals surface area contributed by atoms with Crippen LogP contribution in [0.1, 0.15) is 50.6 Å². The van der Waals surface area contributed by atoms with Crippen LogP contribution in [0, 0.1) is 0 Å². The first kappa shape index (κ1) is 20.3. The SMILES string of the molecule is CC(Nc1ccc(NC(=O)C2(N)CCCCC2)cc1)c1ccccc1.Cl. The third kappa shape index (κ3) is 4.99. The molecule has 4 nitrogen and oxygen atoms in total. The zero-order valence-corrected chi connectivity index (χ0v) is 16.0. The van der Waals surface area contributed by atoms with Gasteiger partial charge in [-0.15, -0.1) is 12.4 Å². The van der Waals surface area contributed by atoms with Gasteiger partial charge >= 0.3 is 0 Å². The Hall–Kier alpha value is -2.04. The number of halogens is 1. The van der Waals surface area contributed by atoms with Crippen molar-refractivity contribution < 1.29 is 4.79 Å². The van der Waals surface area contributed by atoms with E-state index >= 15 is 0 Å². The van der Waals surface area contributed by atoms with Crippen LogP contribution in [-0.2, 0) is 4.79 Å². The number of nitrogens with one attached hydrogen (secondary N) is 2. The number of carbonyl (C=O) groups excluding carboxylic acids is 1. The molecule has 2 aromatic rings. The van der Waals surface area contributed by atoms with Crippen molar-refractivity contribution in [1.82, 2.24) is 0 Å². The molecule has 0 bridgehead atoms. The van der Waals surface area contributed by atoms with E-state index in [0.29, 0.717) is 0 Å². The fourth-order valence-electron chi connectivity index (χ4n) is 3.39. The van der Waals surface area contributed by atoms with Gasteiger partial charge in [0.15, 0.2) is 0 Å². The number of benzene rings is 2. The Morgan fingerprint density at radius 3 is 2.15 bits per heavy atom. The van der Waals surface area contributed by atoms with E-state index in [9.17, 15) is 4.79 Å². The lowest BCUT2D eigenvalue weighted by atomic mass is 9.82. The summed E-state index contributed by atoms with van der Waals surface area (Å²) in [6, 6.07) is 18.3. The van der Waals surface area contributed by atoms with Crippen LogP contribution in [0.5, 0.6) is 0 Å². The van der Waals surface area contributed by atoms with Gasteiger partial charge in [0.05, 0.1) is 5.54 Å². The molecule has 2 aromatic carbocycles. The average molecular weight is 374 g/mol. The van der Waals surface area contributed by atoms with E-state index in [1.807, 2.05) is 42.5 Å². The summed E-state index contributed by atoms with van der Waals surface area (Å²) < 4.78 is 0. The maximum absolute atomic E-state index is 12.5. The Labute approximate surface area is 162 Å². The van der Waals surface area contributed by atoms with Gasteiger partial charge in [0.25, 0.3) is 0 Å². The summed E-state index contributed by atoms with van der Waals surface area (Å²) in [5.41, 5.74) is 8.63. The van der Waals surface area contributed by atoms with Crippen molar-refractivity contribution in [2.75, 3.05) is 10.6 Å². The summed E-state index contributed by atoms with van der Waals surface area (Å²) in [6.07, 6.45) is 4.78. The fraction of sp³-hybridized carbons (Fsp3) is 0.381. The first-order valence-electron chi connectivity index (χ1n) is 9.09. The largest absolute Gasteiger partial charge is 0.379 e. The number of hydrogen-bond donors (Lipinski definition) is 3. The van der Waals surface area contributed by atoms with Crippen LogP contribution in [0.4, 0.5) is 11.4 Å². The van der Waals surface area contributed by atoms with Gasteiger partial charge in [0.2, 0.25) is 5.91 Å². The van der Waals surface area contributed by atoms with Gasteiger partial charge in [0, 0.05) is 17.4 Å². The zero-order chi connectivity index (χ0) is 17.7. The molecular formula is C21H28ClN3O. The quantitative estimate of drug-likeness (QED) is 0.699.